The molecule has 0 saturated heterocycles. The summed E-state index contributed by atoms with van der Waals surface area (Å²) in [5.74, 6) is 0.286. The normalized spacial score (nSPS) is 12.0. The number of benzene rings is 1. The lowest BCUT2D eigenvalue weighted by Crippen LogP contribution is -2.36. The topological polar surface area (TPSA) is 51.2 Å². The predicted molar refractivity (Wildman–Crippen MR) is 99.4 cm³/mol. The average molecular weight is 387 g/mol. The van der Waals surface area contributed by atoms with E-state index in [1.807, 2.05) is 6.92 Å². The van der Waals surface area contributed by atoms with E-state index in [-0.39, 0.29) is 5.91 Å². The number of nitrogens with zero attached hydrogens (tertiary/aromatic N) is 1. The molecule has 1 amide bonds. The van der Waals surface area contributed by atoms with Crippen molar-refractivity contribution in [3.8, 4) is 5.75 Å². The third kappa shape index (κ3) is 5.96. The molecule has 1 aromatic heterocycles. The number of carbonyl (C=O) groups is 1. The van der Waals surface area contributed by atoms with Crippen molar-refractivity contribution in [2.75, 3.05) is 6.54 Å². The third-order valence-corrected chi connectivity index (χ3v) is 4.91. The Hall–Kier alpha value is -1.30. The van der Waals surface area contributed by atoms with E-state index in [9.17, 15) is 4.79 Å². The Bertz CT molecular complexity index is 691. The minimum Gasteiger partial charge on any atom is -0.479 e. The number of halogens is 2. The van der Waals surface area contributed by atoms with Gasteiger partial charge in [0.25, 0.3) is 5.91 Å². The Morgan fingerprint density at radius 1 is 1.38 bits per heavy atom. The summed E-state index contributed by atoms with van der Waals surface area (Å²) in [7, 11) is 0. The Morgan fingerprint density at radius 3 is 2.83 bits per heavy atom. The van der Waals surface area contributed by atoms with Crippen LogP contribution in [0.4, 0.5) is 0 Å². The highest BCUT2D eigenvalue weighted by Gasteiger charge is 2.15. The first-order valence-corrected chi connectivity index (χ1v) is 9.39. The molecule has 130 valence electrons. The first-order chi connectivity index (χ1) is 11.5. The molecule has 0 aliphatic heterocycles. The first kappa shape index (κ1) is 19.0. The number of ether oxygens (including phenoxy) is 1. The fourth-order valence-corrected chi connectivity index (χ4v) is 3.36. The molecule has 4 nitrogen and oxygen atoms in total. The molecule has 0 fully saturated rings. The van der Waals surface area contributed by atoms with Crippen molar-refractivity contribution in [1.82, 2.24) is 10.3 Å². The molecule has 2 aromatic rings. The number of carbonyl (C=O) groups excluding carboxylic acids is 1. The largest absolute Gasteiger partial charge is 0.479 e. The van der Waals surface area contributed by atoms with E-state index in [0.717, 1.165) is 30.0 Å². The smallest absolute Gasteiger partial charge is 0.260 e. The molecule has 2 rings (SSSR count). The van der Waals surface area contributed by atoms with Crippen molar-refractivity contribution in [3.63, 3.8) is 0 Å². The summed E-state index contributed by atoms with van der Waals surface area (Å²) in [6.45, 7) is 4.30. The van der Waals surface area contributed by atoms with Crippen molar-refractivity contribution < 1.29 is 9.53 Å². The minimum atomic E-state index is -0.620. The van der Waals surface area contributed by atoms with Crippen molar-refractivity contribution in [2.45, 2.75) is 39.2 Å². The van der Waals surface area contributed by atoms with E-state index < -0.39 is 6.10 Å². The Balaban J connectivity index is 1.67. The molecule has 1 unspecified atom stereocenters. The lowest BCUT2D eigenvalue weighted by molar-refractivity contribution is -0.127. The second-order valence-electron chi connectivity index (χ2n) is 5.47. The number of amides is 1. The summed E-state index contributed by atoms with van der Waals surface area (Å²) in [6, 6.07) is 4.92. The van der Waals surface area contributed by atoms with Crippen LogP contribution in [0.25, 0.3) is 0 Å². The number of nitrogens with one attached hydrogen (secondary N) is 1. The third-order valence-electron chi connectivity index (χ3n) is 3.35. The Labute approximate surface area is 156 Å². The summed E-state index contributed by atoms with van der Waals surface area (Å²) < 4.78 is 5.58. The minimum absolute atomic E-state index is 0.161. The van der Waals surface area contributed by atoms with Gasteiger partial charge in [-0.15, -0.1) is 11.3 Å². The van der Waals surface area contributed by atoms with Crippen LogP contribution in [0.3, 0.4) is 0 Å². The Morgan fingerprint density at radius 2 is 2.17 bits per heavy atom. The van der Waals surface area contributed by atoms with Gasteiger partial charge in [0.15, 0.2) is 6.10 Å². The summed E-state index contributed by atoms with van der Waals surface area (Å²) >= 11 is 13.6. The first-order valence-electron chi connectivity index (χ1n) is 7.76. The van der Waals surface area contributed by atoms with Gasteiger partial charge in [0.1, 0.15) is 5.75 Å². The zero-order valence-electron chi connectivity index (χ0n) is 13.6. The lowest BCUT2D eigenvalue weighted by atomic mass is 10.2. The molecule has 1 aromatic carbocycles. The fourth-order valence-electron chi connectivity index (χ4n) is 2.09. The van der Waals surface area contributed by atoms with Crippen molar-refractivity contribution >= 4 is 40.4 Å². The molecule has 0 bridgehead atoms. The van der Waals surface area contributed by atoms with Gasteiger partial charge in [-0.05, 0) is 51.3 Å². The maximum absolute atomic E-state index is 12.0. The van der Waals surface area contributed by atoms with Crippen LogP contribution < -0.4 is 10.1 Å². The number of hydrogen-bond donors (Lipinski definition) is 1. The number of thiazole rings is 1. The molecular weight excluding hydrogens is 367 g/mol. The second-order valence-corrected chi connectivity index (χ2v) is 7.25. The van der Waals surface area contributed by atoms with Crippen molar-refractivity contribution in [2.24, 2.45) is 0 Å². The van der Waals surface area contributed by atoms with E-state index in [1.54, 1.807) is 36.5 Å². The molecule has 0 spiro atoms. The molecule has 24 heavy (non-hydrogen) atoms. The van der Waals surface area contributed by atoms with E-state index in [0.29, 0.717) is 22.3 Å². The van der Waals surface area contributed by atoms with Crippen LogP contribution in [0.1, 0.15) is 30.5 Å². The van der Waals surface area contributed by atoms with E-state index in [2.05, 4.69) is 15.7 Å². The summed E-state index contributed by atoms with van der Waals surface area (Å²) in [4.78, 5) is 16.5. The molecule has 7 heteroatoms. The van der Waals surface area contributed by atoms with Gasteiger partial charge in [-0.1, -0.05) is 23.2 Å². The zero-order chi connectivity index (χ0) is 17.5. The van der Waals surface area contributed by atoms with Gasteiger partial charge in [-0.2, -0.15) is 0 Å². The summed E-state index contributed by atoms with van der Waals surface area (Å²) in [5, 5.41) is 6.99. The average Bonchev–Trinajstić information content (AvgIpc) is 2.95. The molecule has 0 saturated carbocycles. The summed E-state index contributed by atoms with van der Waals surface area (Å²) in [6.07, 6.45) is 2.22. The van der Waals surface area contributed by atoms with Crippen LogP contribution in [0.2, 0.25) is 10.0 Å². The fraction of sp³-hybridized carbons (Fsp3) is 0.412. The predicted octanol–water partition coefficient (Wildman–Crippen LogP) is 4.66. The van der Waals surface area contributed by atoms with Gasteiger partial charge < -0.3 is 10.1 Å². The highest BCUT2D eigenvalue weighted by molar-refractivity contribution is 7.09. The number of aryl methyl sites for hydroxylation is 2. The molecule has 1 heterocycles. The van der Waals surface area contributed by atoms with Gasteiger partial charge in [0.05, 0.1) is 10.0 Å². The summed E-state index contributed by atoms with van der Waals surface area (Å²) in [5.41, 5.74) is 1.06. The van der Waals surface area contributed by atoms with Crippen LogP contribution in [0, 0.1) is 6.92 Å². The molecule has 1 atom stereocenters. The van der Waals surface area contributed by atoms with Crippen molar-refractivity contribution in [1.29, 1.82) is 0 Å². The van der Waals surface area contributed by atoms with Crippen LogP contribution in [-0.2, 0) is 11.2 Å². The molecule has 1 N–H and O–H groups in total. The van der Waals surface area contributed by atoms with Gasteiger partial charge in [-0.25, -0.2) is 4.98 Å². The SMILES string of the molecule is Cc1csc(CCCCNC(=O)C(C)Oc2ccc(Cl)cc2Cl)n1. The molecular formula is C17H20Cl2N2O2S. The molecule has 0 radical (unpaired) electrons. The number of unbranched alkanes of at least 4 members (excludes halogenated alkanes) is 1. The molecule has 0 aliphatic rings. The van der Waals surface area contributed by atoms with Gasteiger partial charge in [0, 0.05) is 22.6 Å². The van der Waals surface area contributed by atoms with Gasteiger partial charge >= 0.3 is 0 Å². The van der Waals surface area contributed by atoms with E-state index in [1.165, 1.54) is 0 Å². The number of rotatable bonds is 8. The maximum Gasteiger partial charge on any atom is 0.260 e. The van der Waals surface area contributed by atoms with Crippen LogP contribution in [0.15, 0.2) is 23.6 Å². The lowest BCUT2D eigenvalue weighted by Gasteiger charge is -2.15. The van der Waals surface area contributed by atoms with Crippen LogP contribution >= 0.6 is 34.5 Å². The van der Waals surface area contributed by atoms with Crippen molar-refractivity contribution in [3.05, 3.63) is 44.3 Å². The maximum atomic E-state index is 12.0. The highest BCUT2D eigenvalue weighted by atomic mass is 35.5. The standard InChI is InChI=1S/C17H20Cl2N2O2S/c1-11-10-24-16(21-11)5-3-4-8-20-17(22)12(2)23-15-7-6-13(18)9-14(15)19/h6-7,9-10,12H,3-5,8H2,1-2H3,(H,20,22). The zero-order valence-corrected chi connectivity index (χ0v) is 16.0. The second kappa shape index (κ2) is 9.25. The highest BCUT2D eigenvalue weighted by Crippen LogP contribution is 2.28. The van der Waals surface area contributed by atoms with Gasteiger partial charge in [-0.3, -0.25) is 4.79 Å². The number of aromatic nitrogens is 1. The molecule has 0 aliphatic carbocycles. The van der Waals surface area contributed by atoms with Crippen LogP contribution in [0.5, 0.6) is 5.75 Å². The van der Waals surface area contributed by atoms with Crippen LogP contribution in [-0.4, -0.2) is 23.5 Å². The quantitative estimate of drug-likeness (QED) is 0.670. The van der Waals surface area contributed by atoms with E-state index >= 15 is 0 Å². The number of hydrogen-bond acceptors (Lipinski definition) is 4. The van der Waals surface area contributed by atoms with Gasteiger partial charge in [0.2, 0.25) is 0 Å². The van der Waals surface area contributed by atoms with E-state index in [4.69, 9.17) is 27.9 Å². The Kier molecular flexibility index (Phi) is 7.34. The monoisotopic (exact) mass is 386 g/mol.